The minimum Gasteiger partial charge on any atom is -0.493 e. The molecule has 0 aromatic heterocycles. The van der Waals surface area contributed by atoms with Gasteiger partial charge in [0.1, 0.15) is 0 Å². The van der Waals surface area contributed by atoms with Gasteiger partial charge in [0, 0.05) is 11.3 Å². The number of carbonyl (C=O) groups excluding carboxylic acids is 1. The average molecular weight is 423 g/mol. The molecule has 1 N–H and O–H groups in total. The van der Waals surface area contributed by atoms with Crippen LogP contribution in [0.5, 0.6) is 17.2 Å². The second-order valence-electron chi connectivity index (χ2n) is 5.66. The van der Waals surface area contributed by atoms with E-state index in [9.17, 15) is 31.1 Å². The number of ether oxygens (including phenoxy) is 3. The molecule has 2 rings (SSSR count). The standard InChI is InChI=1S/C18H15F6NO4/c1-27-13-4-9(5-14(28-2)15(13)29-3)16(26)25-12-7-10(17(19,20)21)6-11(8-12)18(22,23)24/h4-8H,1-3H3,(H,25,26). The molecule has 11 heteroatoms. The van der Waals surface area contributed by atoms with Gasteiger partial charge in [0.2, 0.25) is 5.75 Å². The predicted molar refractivity (Wildman–Crippen MR) is 90.5 cm³/mol. The summed E-state index contributed by atoms with van der Waals surface area (Å²) in [5.41, 5.74) is -3.91. The van der Waals surface area contributed by atoms with Crippen molar-refractivity contribution in [1.29, 1.82) is 0 Å². The van der Waals surface area contributed by atoms with Gasteiger partial charge in [-0.15, -0.1) is 0 Å². The molecule has 0 bridgehead atoms. The number of benzene rings is 2. The lowest BCUT2D eigenvalue weighted by molar-refractivity contribution is -0.143. The number of rotatable bonds is 5. The van der Waals surface area contributed by atoms with Crippen molar-refractivity contribution >= 4 is 11.6 Å². The van der Waals surface area contributed by atoms with Gasteiger partial charge in [0.05, 0.1) is 32.5 Å². The maximum atomic E-state index is 13.0. The number of carbonyl (C=O) groups is 1. The van der Waals surface area contributed by atoms with Crippen molar-refractivity contribution in [2.75, 3.05) is 26.6 Å². The topological polar surface area (TPSA) is 56.8 Å². The van der Waals surface area contributed by atoms with Gasteiger partial charge in [-0.25, -0.2) is 0 Å². The molecule has 0 unspecified atom stereocenters. The first-order valence-corrected chi connectivity index (χ1v) is 7.81. The van der Waals surface area contributed by atoms with E-state index in [-0.39, 0.29) is 28.9 Å². The lowest BCUT2D eigenvalue weighted by Crippen LogP contribution is -2.16. The summed E-state index contributed by atoms with van der Waals surface area (Å²) in [6.45, 7) is 0. The Labute approximate surface area is 161 Å². The average Bonchev–Trinajstić information content (AvgIpc) is 2.64. The van der Waals surface area contributed by atoms with Gasteiger partial charge in [-0.2, -0.15) is 26.3 Å². The first-order valence-electron chi connectivity index (χ1n) is 7.81. The highest BCUT2D eigenvalue weighted by Gasteiger charge is 2.37. The number of alkyl halides is 6. The van der Waals surface area contributed by atoms with Crippen molar-refractivity contribution in [2.24, 2.45) is 0 Å². The van der Waals surface area contributed by atoms with Crippen LogP contribution in [0.15, 0.2) is 30.3 Å². The largest absolute Gasteiger partial charge is 0.493 e. The molecule has 0 saturated heterocycles. The molecule has 0 atom stereocenters. The van der Waals surface area contributed by atoms with E-state index in [1.165, 1.54) is 33.5 Å². The first kappa shape index (κ1) is 22.2. The summed E-state index contributed by atoms with van der Waals surface area (Å²) in [6, 6.07) is 3.19. The summed E-state index contributed by atoms with van der Waals surface area (Å²) in [4.78, 5) is 12.4. The number of anilines is 1. The second kappa shape index (κ2) is 8.10. The van der Waals surface area contributed by atoms with E-state index < -0.39 is 35.1 Å². The lowest BCUT2D eigenvalue weighted by Gasteiger charge is -2.16. The Hall–Kier alpha value is -3.11. The molecule has 158 valence electrons. The smallest absolute Gasteiger partial charge is 0.416 e. The third kappa shape index (κ3) is 5.04. The Kier molecular flexibility index (Phi) is 6.19. The van der Waals surface area contributed by atoms with E-state index in [0.29, 0.717) is 12.1 Å². The molecule has 0 heterocycles. The van der Waals surface area contributed by atoms with Crippen molar-refractivity contribution in [3.8, 4) is 17.2 Å². The molecule has 0 radical (unpaired) electrons. The Balaban J connectivity index is 2.47. The van der Waals surface area contributed by atoms with E-state index >= 15 is 0 Å². The number of methoxy groups -OCH3 is 3. The number of hydrogen-bond donors (Lipinski definition) is 1. The summed E-state index contributed by atoms with van der Waals surface area (Å²) in [6.07, 6.45) is -10.1. The molecular weight excluding hydrogens is 408 g/mol. The van der Waals surface area contributed by atoms with Gasteiger partial charge < -0.3 is 19.5 Å². The Morgan fingerprint density at radius 2 is 1.21 bits per heavy atom. The molecule has 0 saturated carbocycles. The molecule has 0 aliphatic rings. The van der Waals surface area contributed by atoms with E-state index in [0.717, 1.165) is 0 Å². The molecule has 0 fully saturated rings. The van der Waals surface area contributed by atoms with Crippen LogP contribution in [0.3, 0.4) is 0 Å². The van der Waals surface area contributed by atoms with Crippen LogP contribution >= 0.6 is 0 Å². The van der Waals surface area contributed by atoms with Gasteiger partial charge >= 0.3 is 12.4 Å². The van der Waals surface area contributed by atoms with Crippen molar-refractivity contribution < 1.29 is 45.3 Å². The highest BCUT2D eigenvalue weighted by atomic mass is 19.4. The molecule has 0 aliphatic carbocycles. The van der Waals surface area contributed by atoms with Gasteiger partial charge in [-0.05, 0) is 30.3 Å². The van der Waals surface area contributed by atoms with Gasteiger partial charge in [-0.1, -0.05) is 0 Å². The zero-order valence-electron chi connectivity index (χ0n) is 15.3. The fourth-order valence-corrected chi connectivity index (χ4v) is 2.44. The Morgan fingerprint density at radius 1 is 0.759 bits per heavy atom. The summed E-state index contributed by atoms with van der Waals surface area (Å²) in [7, 11) is 3.88. The van der Waals surface area contributed by atoms with Crippen LogP contribution in [0.25, 0.3) is 0 Å². The fourth-order valence-electron chi connectivity index (χ4n) is 2.44. The monoisotopic (exact) mass is 423 g/mol. The second-order valence-corrected chi connectivity index (χ2v) is 5.66. The molecule has 5 nitrogen and oxygen atoms in total. The molecule has 2 aromatic carbocycles. The molecule has 1 amide bonds. The highest BCUT2D eigenvalue weighted by molar-refractivity contribution is 6.05. The molecule has 2 aromatic rings. The minimum atomic E-state index is -5.03. The maximum absolute atomic E-state index is 13.0. The van der Waals surface area contributed by atoms with Crippen LogP contribution in [-0.4, -0.2) is 27.2 Å². The van der Waals surface area contributed by atoms with Gasteiger partial charge in [0.15, 0.2) is 11.5 Å². The van der Waals surface area contributed by atoms with E-state index in [1.807, 2.05) is 5.32 Å². The molecule has 29 heavy (non-hydrogen) atoms. The van der Waals surface area contributed by atoms with E-state index in [1.54, 1.807) is 0 Å². The highest BCUT2D eigenvalue weighted by Crippen LogP contribution is 2.39. The molecular formula is C18H15F6NO4. The van der Waals surface area contributed by atoms with Crippen molar-refractivity contribution in [3.05, 3.63) is 47.0 Å². The maximum Gasteiger partial charge on any atom is 0.416 e. The number of amides is 1. The van der Waals surface area contributed by atoms with Gasteiger partial charge in [-0.3, -0.25) is 4.79 Å². The fraction of sp³-hybridized carbons (Fsp3) is 0.278. The SMILES string of the molecule is COc1cc(C(=O)Nc2cc(C(F)(F)F)cc(C(F)(F)F)c2)cc(OC)c1OC. The third-order valence-electron chi connectivity index (χ3n) is 3.77. The van der Waals surface area contributed by atoms with Crippen LogP contribution in [0.2, 0.25) is 0 Å². The predicted octanol–water partition coefficient (Wildman–Crippen LogP) is 5.00. The molecule has 0 spiro atoms. The van der Waals surface area contributed by atoms with E-state index in [4.69, 9.17) is 14.2 Å². The quantitative estimate of drug-likeness (QED) is 0.688. The first-order chi connectivity index (χ1) is 13.4. The van der Waals surface area contributed by atoms with Crippen molar-refractivity contribution in [2.45, 2.75) is 12.4 Å². The lowest BCUT2D eigenvalue weighted by atomic mass is 10.1. The summed E-state index contributed by atoms with van der Waals surface area (Å²) in [5, 5.41) is 2.03. The van der Waals surface area contributed by atoms with Gasteiger partial charge in [0.25, 0.3) is 5.91 Å². The van der Waals surface area contributed by atoms with Crippen molar-refractivity contribution in [1.82, 2.24) is 0 Å². The van der Waals surface area contributed by atoms with Crippen LogP contribution in [0, 0.1) is 0 Å². The summed E-state index contributed by atoms with van der Waals surface area (Å²) in [5.74, 6) is -0.657. The van der Waals surface area contributed by atoms with Crippen LogP contribution in [0.1, 0.15) is 21.5 Å². The summed E-state index contributed by atoms with van der Waals surface area (Å²) < 4.78 is 92.9. The number of hydrogen-bond acceptors (Lipinski definition) is 4. The Morgan fingerprint density at radius 3 is 1.55 bits per heavy atom. The molecule has 0 aliphatic heterocycles. The third-order valence-corrected chi connectivity index (χ3v) is 3.77. The zero-order valence-corrected chi connectivity index (χ0v) is 15.3. The number of nitrogens with one attached hydrogen (secondary N) is 1. The minimum absolute atomic E-state index is 0.0326. The summed E-state index contributed by atoms with van der Waals surface area (Å²) >= 11 is 0. The number of halogens is 6. The van der Waals surface area contributed by atoms with Crippen LogP contribution in [-0.2, 0) is 12.4 Å². The van der Waals surface area contributed by atoms with Crippen LogP contribution < -0.4 is 19.5 Å². The normalized spacial score (nSPS) is 11.8. The van der Waals surface area contributed by atoms with Crippen LogP contribution in [0.4, 0.5) is 32.0 Å². The van der Waals surface area contributed by atoms with Crippen molar-refractivity contribution in [3.63, 3.8) is 0 Å². The van der Waals surface area contributed by atoms with E-state index in [2.05, 4.69) is 0 Å². The Bertz CT molecular complexity index is 851. The zero-order chi connectivity index (χ0) is 22.0.